The molecule has 1 saturated carbocycles. The van der Waals surface area contributed by atoms with E-state index in [0.717, 1.165) is 63.2 Å². The number of aromatic nitrogens is 2. The molecule has 1 aliphatic carbocycles. The number of alkyl halides is 3. The molecule has 3 aliphatic rings. The summed E-state index contributed by atoms with van der Waals surface area (Å²) in [4.78, 5) is 11.3. The number of aryl methyl sites for hydroxylation is 1. The van der Waals surface area contributed by atoms with Crippen molar-refractivity contribution in [2.75, 3.05) is 37.8 Å². The fourth-order valence-electron chi connectivity index (χ4n) is 3.97. The number of aliphatic carboxylic acids is 1. The lowest BCUT2D eigenvalue weighted by molar-refractivity contribution is -0.192. The molecule has 3 heterocycles. The Morgan fingerprint density at radius 2 is 2.07 bits per heavy atom. The lowest BCUT2D eigenvalue weighted by Gasteiger charge is -2.50. The minimum atomic E-state index is -5.08. The Kier molecular flexibility index (Phi) is 7.18. The highest BCUT2D eigenvalue weighted by Crippen LogP contribution is 2.42. The largest absolute Gasteiger partial charge is 0.490 e. The highest BCUT2D eigenvalue weighted by molar-refractivity contribution is 5.73. The standard InChI is InChI=1S/C18H27N3O2.C2HF3O2/c1-14-3-6-17(20-19-14)21-9-7-16-18(12-21,8-2-10-23-16)13-22-11-15-4-5-15;3-2(4,5)1(6)7/h3,6,15-16H,2,4-5,7-13H2,1H3;(H,6,7). The highest BCUT2D eigenvalue weighted by Gasteiger charge is 2.46. The number of carboxylic acid groups (broad SMARTS) is 1. The molecule has 0 bridgehead atoms. The molecule has 0 amide bonds. The molecule has 2 unspecified atom stereocenters. The average molecular weight is 431 g/mol. The summed E-state index contributed by atoms with van der Waals surface area (Å²) < 4.78 is 44.0. The molecule has 4 rings (SSSR count). The molecule has 2 saturated heterocycles. The maximum atomic E-state index is 10.6. The normalized spacial score (nSPS) is 26.4. The maximum absolute atomic E-state index is 10.6. The predicted octanol–water partition coefficient (Wildman–Crippen LogP) is 3.22. The van der Waals surface area contributed by atoms with E-state index >= 15 is 0 Å². The molecule has 1 aromatic heterocycles. The van der Waals surface area contributed by atoms with Gasteiger partial charge in [0, 0.05) is 31.7 Å². The van der Waals surface area contributed by atoms with E-state index in [1.807, 2.05) is 13.0 Å². The lowest BCUT2D eigenvalue weighted by Crippen LogP contribution is -2.57. The molecule has 0 aromatic carbocycles. The molecule has 0 spiro atoms. The van der Waals surface area contributed by atoms with Crippen LogP contribution in [0.25, 0.3) is 0 Å². The van der Waals surface area contributed by atoms with Crippen LogP contribution < -0.4 is 4.90 Å². The van der Waals surface area contributed by atoms with Gasteiger partial charge in [0.2, 0.25) is 0 Å². The first-order valence-corrected chi connectivity index (χ1v) is 10.2. The molecule has 3 fully saturated rings. The Bertz CT molecular complexity index is 712. The number of hydrogen-bond acceptors (Lipinski definition) is 6. The van der Waals surface area contributed by atoms with Crippen LogP contribution in [-0.4, -0.2) is 66.5 Å². The van der Waals surface area contributed by atoms with Crippen molar-refractivity contribution in [1.29, 1.82) is 0 Å². The number of piperidine rings is 1. The summed E-state index contributed by atoms with van der Waals surface area (Å²) >= 11 is 0. The molecule has 1 N–H and O–H groups in total. The molecule has 1 aromatic rings. The van der Waals surface area contributed by atoms with E-state index in [-0.39, 0.29) is 5.41 Å². The SMILES string of the molecule is Cc1ccc(N2CCC3OCCCC3(COCC3CC3)C2)nn1.O=C(O)C(F)(F)F. The van der Waals surface area contributed by atoms with Crippen LogP contribution in [0.1, 0.15) is 37.8 Å². The molecule has 10 heteroatoms. The maximum Gasteiger partial charge on any atom is 0.490 e. The topological polar surface area (TPSA) is 84.8 Å². The summed E-state index contributed by atoms with van der Waals surface area (Å²) in [6.07, 6.45) is 1.33. The van der Waals surface area contributed by atoms with Crippen molar-refractivity contribution in [1.82, 2.24) is 10.2 Å². The number of fused-ring (bicyclic) bond motifs is 1. The van der Waals surface area contributed by atoms with E-state index in [1.54, 1.807) is 0 Å². The van der Waals surface area contributed by atoms with Crippen molar-refractivity contribution in [2.24, 2.45) is 11.3 Å². The van der Waals surface area contributed by atoms with E-state index in [0.29, 0.717) is 6.10 Å². The van der Waals surface area contributed by atoms with Crippen LogP contribution in [0.2, 0.25) is 0 Å². The summed E-state index contributed by atoms with van der Waals surface area (Å²) in [6.45, 7) is 6.60. The summed E-state index contributed by atoms with van der Waals surface area (Å²) in [5.74, 6) is -0.953. The number of carboxylic acids is 1. The first-order valence-electron chi connectivity index (χ1n) is 10.2. The van der Waals surface area contributed by atoms with Gasteiger partial charge in [0.1, 0.15) is 0 Å². The molecule has 30 heavy (non-hydrogen) atoms. The second-order valence-corrected chi connectivity index (χ2v) is 8.33. The van der Waals surface area contributed by atoms with Crippen molar-refractivity contribution in [3.8, 4) is 0 Å². The quantitative estimate of drug-likeness (QED) is 0.766. The van der Waals surface area contributed by atoms with Gasteiger partial charge in [-0.3, -0.25) is 0 Å². The first kappa shape index (κ1) is 22.7. The van der Waals surface area contributed by atoms with Crippen molar-refractivity contribution in [3.05, 3.63) is 17.8 Å². The number of anilines is 1. The van der Waals surface area contributed by atoms with Crippen LogP contribution in [0.15, 0.2) is 12.1 Å². The minimum absolute atomic E-state index is 0.123. The molecule has 168 valence electrons. The van der Waals surface area contributed by atoms with Gasteiger partial charge in [-0.25, -0.2) is 4.79 Å². The zero-order chi connectivity index (χ0) is 21.8. The van der Waals surface area contributed by atoms with E-state index < -0.39 is 12.1 Å². The van der Waals surface area contributed by atoms with Gasteiger partial charge in [-0.15, -0.1) is 5.10 Å². The van der Waals surface area contributed by atoms with Gasteiger partial charge in [-0.05, 0) is 57.1 Å². The van der Waals surface area contributed by atoms with Gasteiger partial charge in [0.05, 0.1) is 18.4 Å². The fraction of sp³-hybridized carbons (Fsp3) is 0.750. The summed E-state index contributed by atoms with van der Waals surface area (Å²) in [7, 11) is 0. The molecule has 2 aliphatic heterocycles. The Hall–Kier alpha value is -1.94. The van der Waals surface area contributed by atoms with Gasteiger partial charge in [-0.1, -0.05) is 0 Å². The molecule has 2 atom stereocenters. The van der Waals surface area contributed by atoms with Crippen LogP contribution in [0.5, 0.6) is 0 Å². The zero-order valence-electron chi connectivity index (χ0n) is 17.0. The van der Waals surface area contributed by atoms with Crippen molar-refractivity contribution in [3.63, 3.8) is 0 Å². The minimum Gasteiger partial charge on any atom is -0.475 e. The Morgan fingerprint density at radius 1 is 1.33 bits per heavy atom. The van der Waals surface area contributed by atoms with Crippen LogP contribution >= 0.6 is 0 Å². The van der Waals surface area contributed by atoms with E-state index in [2.05, 4.69) is 21.2 Å². The highest BCUT2D eigenvalue weighted by atomic mass is 19.4. The van der Waals surface area contributed by atoms with Gasteiger partial charge in [0.15, 0.2) is 5.82 Å². The van der Waals surface area contributed by atoms with Gasteiger partial charge in [0.25, 0.3) is 0 Å². The molecular formula is C20H28F3N3O4. The second kappa shape index (κ2) is 9.47. The smallest absolute Gasteiger partial charge is 0.475 e. The lowest BCUT2D eigenvalue weighted by atomic mass is 9.73. The van der Waals surface area contributed by atoms with Crippen LogP contribution in [0.4, 0.5) is 19.0 Å². The molecular weight excluding hydrogens is 403 g/mol. The van der Waals surface area contributed by atoms with E-state index in [1.165, 1.54) is 19.3 Å². The Labute approximate surface area is 173 Å². The Morgan fingerprint density at radius 3 is 2.67 bits per heavy atom. The predicted molar refractivity (Wildman–Crippen MR) is 102 cm³/mol. The zero-order valence-corrected chi connectivity index (χ0v) is 17.0. The number of carbonyl (C=O) groups is 1. The molecule has 0 radical (unpaired) electrons. The van der Waals surface area contributed by atoms with E-state index in [9.17, 15) is 13.2 Å². The summed E-state index contributed by atoms with van der Waals surface area (Å²) in [6, 6.07) is 4.13. The van der Waals surface area contributed by atoms with Crippen molar-refractivity contribution >= 4 is 11.8 Å². The van der Waals surface area contributed by atoms with Crippen molar-refractivity contribution in [2.45, 2.75) is 51.3 Å². The number of hydrogen-bond donors (Lipinski definition) is 1. The van der Waals surface area contributed by atoms with Gasteiger partial charge >= 0.3 is 12.1 Å². The number of ether oxygens (including phenoxy) is 2. The number of halogens is 3. The number of rotatable bonds is 5. The van der Waals surface area contributed by atoms with Crippen LogP contribution in [-0.2, 0) is 14.3 Å². The first-order chi connectivity index (χ1) is 14.2. The Balaban J connectivity index is 0.000000318. The third-order valence-corrected chi connectivity index (χ3v) is 5.78. The third kappa shape index (κ3) is 6.04. The summed E-state index contributed by atoms with van der Waals surface area (Å²) in [5.41, 5.74) is 1.09. The fourth-order valence-corrected chi connectivity index (χ4v) is 3.97. The third-order valence-electron chi connectivity index (χ3n) is 5.78. The van der Waals surface area contributed by atoms with Gasteiger partial charge < -0.3 is 19.5 Å². The van der Waals surface area contributed by atoms with Gasteiger partial charge in [-0.2, -0.15) is 18.3 Å². The second-order valence-electron chi connectivity index (χ2n) is 8.33. The summed E-state index contributed by atoms with van der Waals surface area (Å²) in [5, 5.41) is 15.7. The molecule has 7 nitrogen and oxygen atoms in total. The van der Waals surface area contributed by atoms with E-state index in [4.69, 9.17) is 19.4 Å². The average Bonchev–Trinajstić information content (AvgIpc) is 3.52. The van der Waals surface area contributed by atoms with Crippen LogP contribution in [0, 0.1) is 18.3 Å². The monoisotopic (exact) mass is 431 g/mol. The van der Waals surface area contributed by atoms with Crippen LogP contribution in [0.3, 0.4) is 0 Å². The number of nitrogens with zero attached hydrogens (tertiary/aromatic N) is 3. The van der Waals surface area contributed by atoms with Crippen molar-refractivity contribution < 1.29 is 32.5 Å².